The molecule has 0 atom stereocenters. The summed E-state index contributed by atoms with van der Waals surface area (Å²) in [6.45, 7) is 2.76. The molecule has 6 heteroatoms. The van der Waals surface area contributed by atoms with E-state index in [9.17, 15) is 4.79 Å². The lowest BCUT2D eigenvalue weighted by molar-refractivity contribution is -0.138. The number of carboxylic acid groups (broad SMARTS) is 1. The van der Waals surface area contributed by atoms with Gasteiger partial charge in [-0.2, -0.15) is 0 Å². The Morgan fingerprint density at radius 1 is 1.53 bits per heavy atom. The molecule has 0 unspecified atom stereocenters. The zero-order valence-electron chi connectivity index (χ0n) is 11.6. The first-order valence-electron chi connectivity index (χ1n) is 6.61. The van der Waals surface area contributed by atoms with Crippen molar-refractivity contribution in [2.45, 2.75) is 25.8 Å². The van der Waals surface area contributed by atoms with E-state index in [1.165, 1.54) is 15.6 Å². The lowest BCUT2D eigenvalue weighted by Gasteiger charge is -2.23. The Kier molecular flexibility index (Phi) is 4.90. The molecule has 0 saturated heterocycles. The van der Waals surface area contributed by atoms with Gasteiger partial charge in [0.25, 0.3) is 0 Å². The van der Waals surface area contributed by atoms with E-state index in [2.05, 4.69) is 24.0 Å². The van der Waals surface area contributed by atoms with Gasteiger partial charge in [-0.3, -0.25) is 9.69 Å². The minimum Gasteiger partial charge on any atom is -0.480 e. The topological polar surface area (TPSA) is 56.7 Å². The van der Waals surface area contributed by atoms with Gasteiger partial charge in [0.15, 0.2) is 0 Å². The lowest BCUT2D eigenvalue weighted by Crippen LogP contribution is -2.34. The number of hydrogen-bond acceptors (Lipinski definition) is 5. The van der Waals surface area contributed by atoms with Gasteiger partial charge in [0.1, 0.15) is 0 Å². The molecule has 0 aliphatic carbocycles. The van der Waals surface area contributed by atoms with Crippen molar-refractivity contribution in [3.8, 4) is 0 Å². The second kappa shape index (κ2) is 6.45. The molecule has 1 aromatic heterocycles. The zero-order valence-corrected chi connectivity index (χ0v) is 12.4. The van der Waals surface area contributed by atoms with E-state index in [0.717, 1.165) is 38.9 Å². The molecule has 0 aromatic carbocycles. The van der Waals surface area contributed by atoms with E-state index in [-0.39, 0.29) is 6.54 Å². The monoisotopic (exact) mass is 283 g/mol. The van der Waals surface area contributed by atoms with Crippen LogP contribution in [0.15, 0.2) is 0 Å². The van der Waals surface area contributed by atoms with Gasteiger partial charge in [0.2, 0.25) is 0 Å². The SMILES string of the molecule is CN(C)CCCc1nc2c(s1)CN(CC(=O)O)CC2. The summed E-state index contributed by atoms with van der Waals surface area (Å²) in [6.07, 6.45) is 3.03. The van der Waals surface area contributed by atoms with Crippen molar-refractivity contribution < 1.29 is 9.90 Å². The molecule has 1 aliphatic heterocycles. The highest BCUT2D eigenvalue weighted by Gasteiger charge is 2.21. The predicted molar refractivity (Wildman–Crippen MR) is 75.6 cm³/mol. The first-order valence-corrected chi connectivity index (χ1v) is 7.42. The number of nitrogens with zero attached hydrogens (tertiary/aromatic N) is 3. The summed E-state index contributed by atoms with van der Waals surface area (Å²) in [6, 6.07) is 0. The summed E-state index contributed by atoms with van der Waals surface area (Å²) in [5.74, 6) is -0.751. The highest BCUT2D eigenvalue weighted by Crippen LogP contribution is 2.25. The Balaban J connectivity index is 1.90. The van der Waals surface area contributed by atoms with E-state index in [0.29, 0.717) is 0 Å². The van der Waals surface area contributed by atoms with Crippen LogP contribution in [0.5, 0.6) is 0 Å². The molecule has 1 aliphatic rings. The van der Waals surface area contributed by atoms with Crippen LogP contribution in [0, 0.1) is 0 Å². The number of carboxylic acids is 1. The molecule has 1 N–H and O–H groups in total. The minimum atomic E-state index is -0.751. The average molecular weight is 283 g/mol. The fourth-order valence-corrected chi connectivity index (χ4v) is 3.48. The summed E-state index contributed by atoms with van der Waals surface area (Å²) in [4.78, 5) is 20.8. The van der Waals surface area contributed by atoms with Crippen LogP contribution in [0.25, 0.3) is 0 Å². The standard InChI is InChI=1S/C13H21N3O2S/c1-15(2)6-3-4-12-14-10-5-7-16(9-13(17)18)8-11(10)19-12/h3-9H2,1-2H3,(H,17,18). The van der Waals surface area contributed by atoms with Crippen molar-refractivity contribution in [2.75, 3.05) is 33.7 Å². The third-order valence-electron chi connectivity index (χ3n) is 3.21. The Morgan fingerprint density at radius 2 is 2.32 bits per heavy atom. The summed E-state index contributed by atoms with van der Waals surface area (Å²) in [7, 11) is 4.16. The summed E-state index contributed by atoms with van der Waals surface area (Å²) in [5.41, 5.74) is 1.19. The van der Waals surface area contributed by atoms with Crippen molar-refractivity contribution in [1.29, 1.82) is 0 Å². The fourth-order valence-electron chi connectivity index (χ4n) is 2.28. The smallest absolute Gasteiger partial charge is 0.317 e. The molecule has 19 heavy (non-hydrogen) atoms. The largest absolute Gasteiger partial charge is 0.480 e. The van der Waals surface area contributed by atoms with Crippen LogP contribution < -0.4 is 0 Å². The molecule has 1 aromatic rings. The number of hydrogen-bond donors (Lipinski definition) is 1. The Bertz CT molecular complexity index is 445. The van der Waals surface area contributed by atoms with E-state index in [1.54, 1.807) is 11.3 Å². The zero-order chi connectivity index (χ0) is 13.8. The average Bonchev–Trinajstić information content (AvgIpc) is 2.69. The maximum absolute atomic E-state index is 10.7. The molecule has 2 heterocycles. The minimum absolute atomic E-state index is 0.132. The van der Waals surface area contributed by atoms with E-state index in [4.69, 9.17) is 5.11 Å². The second-order valence-corrected chi connectivity index (χ2v) is 6.41. The van der Waals surface area contributed by atoms with E-state index >= 15 is 0 Å². The number of carbonyl (C=O) groups is 1. The van der Waals surface area contributed by atoms with Crippen LogP contribution in [0.4, 0.5) is 0 Å². The van der Waals surface area contributed by atoms with Crippen molar-refractivity contribution >= 4 is 17.3 Å². The van der Waals surface area contributed by atoms with Crippen LogP contribution >= 0.6 is 11.3 Å². The van der Waals surface area contributed by atoms with Gasteiger partial charge < -0.3 is 10.0 Å². The van der Waals surface area contributed by atoms with Gasteiger partial charge in [-0.25, -0.2) is 4.98 Å². The van der Waals surface area contributed by atoms with Gasteiger partial charge >= 0.3 is 5.97 Å². The third-order valence-corrected chi connectivity index (χ3v) is 4.35. The van der Waals surface area contributed by atoms with Gasteiger partial charge in [-0.15, -0.1) is 11.3 Å². The highest BCUT2D eigenvalue weighted by molar-refractivity contribution is 7.11. The number of fused-ring (bicyclic) bond motifs is 1. The normalized spacial score (nSPS) is 15.7. The first kappa shape index (κ1) is 14.4. The molecule has 2 rings (SSSR count). The quantitative estimate of drug-likeness (QED) is 0.846. The van der Waals surface area contributed by atoms with Crippen molar-refractivity contribution in [3.63, 3.8) is 0 Å². The summed E-state index contributed by atoms with van der Waals surface area (Å²) >= 11 is 1.75. The van der Waals surface area contributed by atoms with Gasteiger partial charge in [-0.05, 0) is 27.1 Å². The molecule has 0 fully saturated rings. The number of aliphatic carboxylic acids is 1. The van der Waals surface area contributed by atoms with E-state index < -0.39 is 5.97 Å². The Morgan fingerprint density at radius 3 is 3.00 bits per heavy atom. The van der Waals surface area contributed by atoms with Crippen LogP contribution in [-0.4, -0.2) is 59.6 Å². The molecule has 106 valence electrons. The fraction of sp³-hybridized carbons (Fsp3) is 0.692. The van der Waals surface area contributed by atoms with E-state index in [1.807, 2.05) is 4.90 Å². The van der Waals surface area contributed by atoms with Crippen LogP contribution in [0.3, 0.4) is 0 Å². The highest BCUT2D eigenvalue weighted by atomic mass is 32.1. The maximum Gasteiger partial charge on any atom is 0.317 e. The molecular formula is C13H21N3O2S. The summed E-state index contributed by atoms with van der Waals surface area (Å²) < 4.78 is 0. The van der Waals surface area contributed by atoms with Crippen LogP contribution in [-0.2, 0) is 24.2 Å². The van der Waals surface area contributed by atoms with Gasteiger partial charge in [0.05, 0.1) is 17.2 Å². The maximum atomic E-state index is 10.7. The molecule has 0 saturated carbocycles. The van der Waals surface area contributed by atoms with Crippen molar-refractivity contribution in [2.24, 2.45) is 0 Å². The molecule has 0 radical (unpaired) electrons. The number of aromatic nitrogens is 1. The Hall–Kier alpha value is -0.980. The van der Waals surface area contributed by atoms with Crippen LogP contribution in [0.1, 0.15) is 22.0 Å². The number of rotatable bonds is 6. The predicted octanol–water partition coefficient (Wildman–Crippen LogP) is 1.08. The van der Waals surface area contributed by atoms with Crippen molar-refractivity contribution in [3.05, 3.63) is 15.6 Å². The molecule has 0 bridgehead atoms. The molecule has 0 spiro atoms. The lowest BCUT2D eigenvalue weighted by atomic mass is 10.2. The second-order valence-electron chi connectivity index (χ2n) is 5.24. The van der Waals surface area contributed by atoms with Gasteiger partial charge in [0, 0.05) is 30.8 Å². The molecule has 5 nitrogen and oxygen atoms in total. The number of thiazole rings is 1. The molecule has 0 amide bonds. The van der Waals surface area contributed by atoms with Crippen molar-refractivity contribution in [1.82, 2.24) is 14.8 Å². The third kappa shape index (κ3) is 4.26. The summed E-state index contributed by atoms with van der Waals surface area (Å²) in [5, 5.41) is 10.0. The first-order chi connectivity index (χ1) is 9.04. The molecular weight excluding hydrogens is 262 g/mol. The number of aryl methyl sites for hydroxylation is 1. The Labute approximate surface area is 117 Å². The van der Waals surface area contributed by atoms with Gasteiger partial charge in [-0.1, -0.05) is 0 Å². The van der Waals surface area contributed by atoms with Crippen LogP contribution in [0.2, 0.25) is 0 Å².